The molecule has 1 saturated carbocycles. The molecule has 3 heterocycles. The monoisotopic (exact) mass is 436 g/mol. The number of fused-ring (bicyclic) bond motifs is 3. The van der Waals surface area contributed by atoms with Crippen molar-refractivity contribution in [1.29, 1.82) is 0 Å². The summed E-state index contributed by atoms with van der Waals surface area (Å²) >= 11 is 2.30. The first-order valence-corrected chi connectivity index (χ1v) is 9.86. The number of hydrogen-bond donors (Lipinski definition) is 1. The quantitative estimate of drug-likeness (QED) is 0.561. The molecular formula is C19H21IN2O2. The summed E-state index contributed by atoms with van der Waals surface area (Å²) in [6, 6.07) is 4.76. The standard InChI is InChI=1S/C19H21IN2O2/c1-12-3-5-19-14(4-8-22(18(12)19)7-2-6-20)13-9-16-17(24-11-23-16)10-15(13)21-19/h2,6,9-10,14,18,21H,1,3-5,7-8,11H2/b6-2-/t14?,18-,19+/m0/s1. The first-order valence-electron chi connectivity index (χ1n) is 8.61. The summed E-state index contributed by atoms with van der Waals surface area (Å²) < 4.78 is 13.3. The molecule has 3 aliphatic heterocycles. The van der Waals surface area contributed by atoms with E-state index in [1.165, 1.54) is 23.2 Å². The third kappa shape index (κ3) is 1.94. The van der Waals surface area contributed by atoms with Crippen molar-refractivity contribution in [1.82, 2.24) is 4.90 Å². The van der Waals surface area contributed by atoms with Crippen LogP contribution in [0.15, 0.2) is 34.4 Å². The smallest absolute Gasteiger partial charge is 0.231 e. The lowest BCUT2D eigenvalue weighted by Crippen LogP contribution is -2.59. The van der Waals surface area contributed by atoms with Gasteiger partial charge in [-0.1, -0.05) is 40.8 Å². The fourth-order valence-electron chi connectivity index (χ4n) is 5.26. The van der Waals surface area contributed by atoms with Crippen molar-refractivity contribution in [2.24, 2.45) is 0 Å². The molecule has 1 saturated heterocycles. The molecule has 0 aromatic heterocycles. The Balaban J connectivity index is 1.56. The topological polar surface area (TPSA) is 33.7 Å². The van der Waals surface area contributed by atoms with E-state index >= 15 is 0 Å². The lowest BCUT2D eigenvalue weighted by atomic mass is 9.73. The second-order valence-corrected chi connectivity index (χ2v) is 7.94. The van der Waals surface area contributed by atoms with E-state index in [2.05, 4.69) is 61.7 Å². The highest BCUT2D eigenvalue weighted by molar-refractivity contribution is 14.1. The summed E-state index contributed by atoms with van der Waals surface area (Å²) in [4.78, 5) is 2.60. The Morgan fingerprint density at radius 3 is 3.04 bits per heavy atom. The maximum absolute atomic E-state index is 5.62. The molecule has 4 aliphatic rings. The number of ether oxygens (including phenoxy) is 2. The van der Waals surface area contributed by atoms with Gasteiger partial charge in [-0.3, -0.25) is 4.90 Å². The number of piperidine rings is 1. The summed E-state index contributed by atoms with van der Waals surface area (Å²) in [7, 11) is 0. The molecule has 1 spiro atoms. The average Bonchev–Trinajstić information content (AvgIpc) is 3.25. The molecule has 0 bridgehead atoms. The van der Waals surface area contributed by atoms with Gasteiger partial charge in [0.25, 0.3) is 0 Å². The van der Waals surface area contributed by atoms with Crippen LogP contribution in [0.3, 0.4) is 0 Å². The van der Waals surface area contributed by atoms with Crippen molar-refractivity contribution in [3.05, 3.63) is 40.0 Å². The van der Waals surface area contributed by atoms with Crippen LogP contribution in [0, 0.1) is 0 Å². The van der Waals surface area contributed by atoms with Crippen LogP contribution >= 0.6 is 22.6 Å². The number of anilines is 1. The van der Waals surface area contributed by atoms with Gasteiger partial charge in [0.1, 0.15) is 0 Å². The first-order chi connectivity index (χ1) is 11.7. The minimum absolute atomic E-state index is 0.0892. The third-order valence-corrected chi connectivity index (χ3v) is 6.65. The lowest BCUT2D eigenvalue weighted by molar-refractivity contribution is 0.121. The Bertz CT molecular complexity index is 747. The van der Waals surface area contributed by atoms with E-state index in [1.54, 1.807) is 0 Å². The van der Waals surface area contributed by atoms with E-state index in [4.69, 9.17) is 9.47 Å². The molecule has 0 amide bonds. The average molecular weight is 436 g/mol. The number of nitrogens with one attached hydrogen (secondary N) is 1. The zero-order chi connectivity index (χ0) is 16.3. The number of nitrogens with zero attached hydrogens (tertiary/aromatic N) is 1. The molecule has 1 aromatic carbocycles. The van der Waals surface area contributed by atoms with Crippen LogP contribution < -0.4 is 14.8 Å². The van der Waals surface area contributed by atoms with Crippen molar-refractivity contribution < 1.29 is 9.47 Å². The van der Waals surface area contributed by atoms with Crippen LogP contribution in [0.4, 0.5) is 5.69 Å². The number of likely N-dealkylation sites (tertiary alicyclic amines) is 1. The molecule has 1 aliphatic carbocycles. The van der Waals surface area contributed by atoms with Gasteiger partial charge in [0.2, 0.25) is 6.79 Å². The Kier molecular flexibility index (Phi) is 3.39. The molecule has 1 aromatic rings. The highest BCUT2D eigenvalue weighted by Gasteiger charge is 2.58. The summed E-state index contributed by atoms with van der Waals surface area (Å²) in [6.07, 6.45) is 5.70. The maximum Gasteiger partial charge on any atom is 0.231 e. The third-order valence-electron chi connectivity index (χ3n) is 6.14. The van der Waals surface area contributed by atoms with Crippen molar-refractivity contribution in [2.75, 3.05) is 25.2 Å². The van der Waals surface area contributed by atoms with Gasteiger partial charge in [0.15, 0.2) is 11.5 Å². The molecule has 1 unspecified atom stereocenters. The zero-order valence-corrected chi connectivity index (χ0v) is 15.7. The molecule has 126 valence electrons. The highest BCUT2D eigenvalue weighted by atomic mass is 127. The summed E-state index contributed by atoms with van der Waals surface area (Å²) in [5, 5.41) is 3.91. The summed E-state index contributed by atoms with van der Waals surface area (Å²) in [5.74, 6) is 2.30. The van der Waals surface area contributed by atoms with Crippen LogP contribution in [-0.2, 0) is 0 Å². The number of benzene rings is 1. The molecular weight excluding hydrogens is 415 g/mol. The summed E-state index contributed by atoms with van der Waals surface area (Å²) in [5.41, 5.74) is 4.10. The SMILES string of the molecule is C=C1CC[C@@]23Nc4cc5c(cc4C2CCN(C/C=C\I)[C@@H]13)OCO5. The minimum atomic E-state index is 0.0892. The van der Waals surface area contributed by atoms with E-state index < -0.39 is 0 Å². The van der Waals surface area contributed by atoms with Crippen molar-refractivity contribution in [2.45, 2.75) is 36.8 Å². The number of rotatable bonds is 2. The Labute approximate surface area is 156 Å². The molecule has 4 nitrogen and oxygen atoms in total. The minimum Gasteiger partial charge on any atom is -0.454 e. The highest BCUT2D eigenvalue weighted by Crippen LogP contribution is 2.58. The predicted molar refractivity (Wildman–Crippen MR) is 103 cm³/mol. The molecule has 2 fully saturated rings. The lowest BCUT2D eigenvalue weighted by Gasteiger charge is -2.48. The van der Waals surface area contributed by atoms with Crippen LogP contribution in [0.5, 0.6) is 11.5 Å². The van der Waals surface area contributed by atoms with Crippen LogP contribution in [0.1, 0.15) is 30.7 Å². The molecule has 24 heavy (non-hydrogen) atoms. The van der Waals surface area contributed by atoms with E-state index in [1.807, 2.05) is 0 Å². The Morgan fingerprint density at radius 1 is 1.38 bits per heavy atom. The van der Waals surface area contributed by atoms with E-state index in [0.717, 1.165) is 37.4 Å². The molecule has 5 heteroatoms. The van der Waals surface area contributed by atoms with Gasteiger partial charge >= 0.3 is 0 Å². The van der Waals surface area contributed by atoms with E-state index in [-0.39, 0.29) is 5.54 Å². The predicted octanol–water partition coefficient (Wildman–Crippen LogP) is 4.04. The van der Waals surface area contributed by atoms with Crippen molar-refractivity contribution in [3.8, 4) is 11.5 Å². The first kappa shape index (κ1) is 15.1. The second kappa shape index (κ2) is 5.39. The number of hydrogen-bond acceptors (Lipinski definition) is 4. The van der Waals surface area contributed by atoms with Gasteiger partial charge in [0.05, 0.1) is 11.6 Å². The summed E-state index contributed by atoms with van der Waals surface area (Å²) in [6.45, 7) is 6.88. The van der Waals surface area contributed by atoms with Crippen LogP contribution in [0.25, 0.3) is 0 Å². The number of halogens is 1. The van der Waals surface area contributed by atoms with Crippen molar-refractivity contribution in [3.63, 3.8) is 0 Å². The van der Waals surface area contributed by atoms with Gasteiger partial charge in [-0.15, -0.1) is 0 Å². The fraction of sp³-hybridized carbons (Fsp3) is 0.474. The Hall–Kier alpha value is -1.21. The van der Waals surface area contributed by atoms with Gasteiger partial charge < -0.3 is 14.8 Å². The maximum atomic E-state index is 5.62. The second-order valence-electron chi connectivity index (χ2n) is 7.22. The van der Waals surface area contributed by atoms with Gasteiger partial charge in [-0.25, -0.2) is 0 Å². The van der Waals surface area contributed by atoms with E-state index in [9.17, 15) is 0 Å². The van der Waals surface area contributed by atoms with Crippen molar-refractivity contribution >= 4 is 28.3 Å². The zero-order valence-electron chi connectivity index (χ0n) is 13.6. The largest absolute Gasteiger partial charge is 0.454 e. The molecule has 3 atom stereocenters. The van der Waals surface area contributed by atoms with Crippen LogP contribution in [-0.4, -0.2) is 36.4 Å². The van der Waals surface area contributed by atoms with Gasteiger partial charge in [0, 0.05) is 24.2 Å². The van der Waals surface area contributed by atoms with Crippen LogP contribution in [0.2, 0.25) is 0 Å². The Morgan fingerprint density at radius 2 is 2.21 bits per heavy atom. The normalized spacial score (nSPS) is 33.5. The van der Waals surface area contributed by atoms with Gasteiger partial charge in [-0.2, -0.15) is 0 Å². The molecule has 1 N–H and O–H groups in total. The fourth-order valence-corrected chi connectivity index (χ4v) is 5.49. The molecule has 5 rings (SSSR count). The molecule has 0 radical (unpaired) electrons. The van der Waals surface area contributed by atoms with E-state index in [0.29, 0.717) is 18.8 Å². The van der Waals surface area contributed by atoms with Gasteiger partial charge in [-0.05, 0) is 41.5 Å².